The highest BCUT2D eigenvalue weighted by Gasteiger charge is 2.16. The maximum absolute atomic E-state index is 12.1. The Morgan fingerprint density at radius 3 is 2.57 bits per heavy atom. The number of aryl methyl sites for hydroxylation is 2. The summed E-state index contributed by atoms with van der Waals surface area (Å²) in [6.07, 6.45) is 1.30. The molecule has 2 rings (SSSR count). The van der Waals surface area contributed by atoms with E-state index in [9.17, 15) is 8.42 Å². The molecule has 1 heterocycles. The van der Waals surface area contributed by atoms with Crippen molar-refractivity contribution in [3.8, 4) is 0 Å². The third kappa shape index (κ3) is 3.37. The van der Waals surface area contributed by atoms with Gasteiger partial charge in [0.05, 0.1) is 22.5 Å². The van der Waals surface area contributed by atoms with E-state index in [1.54, 1.807) is 26.1 Å². The number of sulfonamides is 1. The molecular formula is C12H12Cl2N4O2S. The van der Waals surface area contributed by atoms with Crippen LogP contribution in [-0.4, -0.2) is 24.4 Å². The zero-order valence-corrected chi connectivity index (χ0v) is 13.5. The predicted octanol–water partition coefficient (Wildman–Crippen LogP) is 2.35. The summed E-state index contributed by atoms with van der Waals surface area (Å²) in [4.78, 5) is 2.05. The first-order valence-corrected chi connectivity index (χ1v) is 8.05. The molecule has 21 heavy (non-hydrogen) atoms. The molecule has 0 unspecified atom stereocenters. The normalized spacial score (nSPS) is 12.0. The third-order valence-corrected chi connectivity index (χ3v) is 4.86. The van der Waals surface area contributed by atoms with Gasteiger partial charge in [-0.3, -0.25) is 4.68 Å². The number of aromatic nitrogens is 2. The average molecular weight is 347 g/mol. The topological polar surface area (TPSA) is 76.3 Å². The SMILES string of the molecule is Cc1nn(C)c(Cl)c1/C=N/NS(=O)(=O)c1ccccc1Cl. The molecule has 0 saturated heterocycles. The Morgan fingerprint density at radius 2 is 2.00 bits per heavy atom. The van der Waals surface area contributed by atoms with Gasteiger partial charge >= 0.3 is 0 Å². The van der Waals surface area contributed by atoms with Crippen molar-refractivity contribution in [2.24, 2.45) is 12.1 Å². The fraction of sp³-hybridized carbons (Fsp3) is 0.167. The average Bonchev–Trinajstić information content (AvgIpc) is 2.65. The molecule has 0 aliphatic heterocycles. The first-order chi connectivity index (χ1) is 9.83. The molecule has 1 N–H and O–H groups in total. The summed E-state index contributed by atoms with van der Waals surface area (Å²) < 4.78 is 25.6. The number of hydrazone groups is 1. The monoisotopic (exact) mass is 346 g/mol. The van der Waals surface area contributed by atoms with Crippen LogP contribution in [0.1, 0.15) is 11.3 Å². The summed E-state index contributed by atoms with van der Waals surface area (Å²) in [5.74, 6) is 0. The van der Waals surface area contributed by atoms with Gasteiger partial charge in [0.15, 0.2) is 0 Å². The second-order valence-electron chi connectivity index (χ2n) is 4.20. The van der Waals surface area contributed by atoms with E-state index in [-0.39, 0.29) is 9.92 Å². The maximum Gasteiger partial charge on any atom is 0.278 e. The van der Waals surface area contributed by atoms with E-state index in [1.807, 2.05) is 0 Å². The Bertz CT molecular complexity index is 800. The highest BCUT2D eigenvalue weighted by Crippen LogP contribution is 2.20. The second-order valence-corrected chi connectivity index (χ2v) is 6.59. The van der Waals surface area contributed by atoms with Gasteiger partial charge in [0, 0.05) is 7.05 Å². The molecule has 112 valence electrons. The Morgan fingerprint density at radius 1 is 1.33 bits per heavy atom. The summed E-state index contributed by atoms with van der Waals surface area (Å²) in [6.45, 7) is 1.75. The van der Waals surface area contributed by atoms with Gasteiger partial charge in [0.1, 0.15) is 10.0 Å². The van der Waals surface area contributed by atoms with Crippen molar-refractivity contribution in [3.63, 3.8) is 0 Å². The van der Waals surface area contributed by atoms with Crippen LogP contribution in [0.3, 0.4) is 0 Å². The first kappa shape index (κ1) is 15.8. The van der Waals surface area contributed by atoms with E-state index < -0.39 is 10.0 Å². The molecule has 0 atom stereocenters. The van der Waals surface area contributed by atoms with Gasteiger partial charge in [0.2, 0.25) is 0 Å². The zero-order chi connectivity index (χ0) is 15.6. The molecule has 0 aliphatic carbocycles. The molecule has 0 radical (unpaired) electrons. The zero-order valence-electron chi connectivity index (χ0n) is 11.2. The van der Waals surface area contributed by atoms with Crippen molar-refractivity contribution >= 4 is 39.4 Å². The lowest BCUT2D eigenvalue weighted by atomic mass is 10.3. The summed E-state index contributed by atoms with van der Waals surface area (Å²) >= 11 is 11.9. The van der Waals surface area contributed by atoms with Crippen molar-refractivity contribution < 1.29 is 8.42 Å². The number of halogens is 2. The molecule has 0 fully saturated rings. The lowest BCUT2D eigenvalue weighted by Crippen LogP contribution is -2.18. The number of hydrogen-bond acceptors (Lipinski definition) is 4. The van der Waals surface area contributed by atoms with Gasteiger partial charge in [-0.15, -0.1) is 0 Å². The van der Waals surface area contributed by atoms with Crippen molar-refractivity contribution in [2.45, 2.75) is 11.8 Å². The van der Waals surface area contributed by atoms with Crippen LogP contribution in [0.25, 0.3) is 0 Å². The van der Waals surface area contributed by atoms with Crippen LogP contribution in [0.2, 0.25) is 10.2 Å². The first-order valence-electron chi connectivity index (χ1n) is 5.81. The van der Waals surface area contributed by atoms with Crippen LogP contribution in [0.15, 0.2) is 34.3 Å². The largest absolute Gasteiger partial charge is 0.278 e. The fourth-order valence-electron chi connectivity index (χ4n) is 1.67. The van der Waals surface area contributed by atoms with Gasteiger partial charge in [-0.05, 0) is 19.1 Å². The molecule has 0 bridgehead atoms. The van der Waals surface area contributed by atoms with Gasteiger partial charge in [-0.25, -0.2) is 4.83 Å². The van der Waals surface area contributed by atoms with Crippen molar-refractivity contribution in [2.75, 3.05) is 0 Å². The van der Waals surface area contributed by atoms with E-state index in [0.717, 1.165) is 0 Å². The van der Waals surface area contributed by atoms with Gasteiger partial charge in [0.25, 0.3) is 10.0 Å². The number of rotatable bonds is 4. The molecule has 1 aromatic heterocycles. The molecular weight excluding hydrogens is 335 g/mol. The maximum atomic E-state index is 12.1. The lowest BCUT2D eigenvalue weighted by molar-refractivity contribution is 0.584. The summed E-state index contributed by atoms with van der Waals surface area (Å²) in [6, 6.07) is 6.10. The van der Waals surface area contributed by atoms with Gasteiger partial charge < -0.3 is 0 Å². The second kappa shape index (κ2) is 6.05. The minimum absolute atomic E-state index is 0.0437. The van der Waals surface area contributed by atoms with Crippen molar-refractivity contribution in [3.05, 3.63) is 45.7 Å². The van der Waals surface area contributed by atoms with E-state index in [1.165, 1.54) is 23.0 Å². The highest BCUT2D eigenvalue weighted by atomic mass is 35.5. The molecule has 0 aliphatic rings. The van der Waals surface area contributed by atoms with E-state index in [2.05, 4.69) is 15.0 Å². The summed E-state index contributed by atoms with van der Waals surface area (Å²) in [7, 11) is -2.15. The van der Waals surface area contributed by atoms with Crippen LogP contribution in [0.4, 0.5) is 0 Å². The van der Waals surface area contributed by atoms with Crippen molar-refractivity contribution in [1.82, 2.24) is 14.6 Å². The molecule has 6 nitrogen and oxygen atoms in total. The number of nitrogens with one attached hydrogen (secondary N) is 1. The predicted molar refractivity (Wildman–Crippen MR) is 82.3 cm³/mol. The quantitative estimate of drug-likeness (QED) is 0.681. The summed E-state index contributed by atoms with van der Waals surface area (Å²) in [5.41, 5.74) is 1.18. The van der Waals surface area contributed by atoms with Crippen LogP contribution in [0.5, 0.6) is 0 Å². The smallest absolute Gasteiger partial charge is 0.256 e. The van der Waals surface area contributed by atoms with E-state index in [0.29, 0.717) is 16.4 Å². The highest BCUT2D eigenvalue weighted by molar-refractivity contribution is 7.89. The van der Waals surface area contributed by atoms with Crippen LogP contribution in [-0.2, 0) is 17.1 Å². The molecule has 0 amide bonds. The Labute approximate surface area is 132 Å². The molecule has 2 aromatic rings. The molecule has 0 spiro atoms. The molecule has 0 saturated carbocycles. The van der Waals surface area contributed by atoms with Crippen LogP contribution < -0.4 is 4.83 Å². The standard InChI is InChI=1S/C12H12Cl2N4O2S/c1-8-9(12(14)18(2)16-8)7-15-17-21(19,20)11-6-4-3-5-10(11)13/h3-7,17H,1-2H3/b15-7+. The van der Waals surface area contributed by atoms with E-state index >= 15 is 0 Å². The minimum atomic E-state index is -3.83. The number of nitrogens with zero attached hydrogens (tertiary/aromatic N) is 3. The van der Waals surface area contributed by atoms with Crippen LogP contribution >= 0.6 is 23.2 Å². The number of benzene rings is 1. The van der Waals surface area contributed by atoms with Gasteiger partial charge in [-0.2, -0.15) is 18.6 Å². The van der Waals surface area contributed by atoms with E-state index in [4.69, 9.17) is 23.2 Å². The summed E-state index contributed by atoms with van der Waals surface area (Å²) in [5, 5.41) is 8.29. The number of hydrogen-bond donors (Lipinski definition) is 1. The Kier molecular flexibility index (Phi) is 4.55. The molecule has 9 heteroatoms. The van der Waals surface area contributed by atoms with Gasteiger partial charge in [-0.1, -0.05) is 35.3 Å². The lowest BCUT2D eigenvalue weighted by Gasteiger charge is -2.04. The third-order valence-electron chi connectivity index (χ3n) is 2.69. The minimum Gasteiger partial charge on any atom is -0.256 e. The Balaban J connectivity index is 2.23. The molecule has 1 aromatic carbocycles. The Hall–Kier alpha value is -1.57. The van der Waals surface area contributed by atoms with Crippen LogP contribution in [0, 0.1) is 6.92 Å². The van der Waals surface area contributed by atoms with Crippen molar-refractivity contribution in [1.29, 1.82) is 0 Å². The fourth-order valence-corrected chi connectivity index (χ4v) is 3.20.